The molecule has 0 saturated carbocycles. The van der Waals surface area contributed by atoms with Gasteiger partial charge >= 0.3 is 0 Å². The molecule has 306 valence electrons. The second-order valence-electron chi connectivity index (χ2n) is 13.1. The first kappa shape index (κ1) is 46.0. The Hall–Kier alpha value is -5.66. The number of benzene rings is 6. The van der Waals surface area contributed by atoms with Crippen molar-refractivity contribution in [2.75, 3.05) is 50.5 Å². The first-order valence-corrected chi connectivity index (χ1v) is 20.9. The fourth-order valence-corrected chi connectivity index (χ4v) is 5.94. The smallest absolute Gasteiger partial charge is 0.193 e. The summed E-state index contributed by atoms with van der Waals surface area (Å²) in [5.41, 5.74) is 3.94. The first-order chi connectivity index (χ1) is 28.8. The number of hydrogen-bond donors (Lipinski definition) is 3. The summed E-state index contributed by atoms with van der Waals surface area (Å²) in [6.45, 7) is 3.28. The Morgan fingerprint density at radius 3 is 1.10 bits per heavy atom. The number of ether oxygens (including phenoxy) is 2. The summed E-state index contributed by atoms with van der Waals surface area (Å²) in [5.74, 6) is 1.71. The largest absolute Gasteiger partial charge is 0.508 e. The molecule has 10 heteroatoms. The Morgan fingerprint density at radius 1 is 0.441 bits per heavy atom. The molecule has 0 fully saturated rings. The Labute approximate surface area is 360 Å². The van der Waals surface area contributed by atoms with Crippen LogP contribution in [0.1, 0.15) is 60.6 Å². The number of nitrogens with zero attached hydrogens (tertiary/aromatic N) is 1. The van der Waals surface area contributed by atoms with E-state index < -0.39 is 0 Å². The normalized spacial score (nSPS) is 10.4. The molecular formula is C49H50INO8. The van der Waals surface area contributed by atoms with Crippen LogP contribution in [0.5, 0.6) is 17.2 Å². The van der Waals surface area contributed by atoms with Crippen LogP contribution in [0.4, 0.5) is 0 Å². The lowest BCUT2D eigenvalue weighted by molar-refractivity contribution is 0.103. The molecule has 0 amide bonds. The lowest BCUT2D eigenvalue weighted by atomic mass is 10.0. The van der Waals surface area contributed by atoms with Gasteiger partial charge in [0.1, 0.15) is 17.2 Å². The predicted octanol–water partition coefficient (Wildman–Crippen LogP) is 8.72. The summed E-state index contributed by atoms with van der Waals surface area (Å²) in [7, 11) is 0. The van der Waals surface area contributed by atoms with Gasteiger partial charge in [-0.15, -0.1) is 0 Å². The minimum Gasteiger partial charge on any atom is -0.508 e. The predicted molar refractivity (Wildman–Crippen MR) is 240 cm³/mol. The molecule has 0 aliphatic carbocycles. The molecule has 9 nitrogen and oxygen atoms in total. The number of aliphatic hydroxyl groups excluding tert-OH is 2. The van der Waals surface area contributed by atoms with Crippen molar-refractivity contribution < 1.29 is 39.2 Å². The maximum absolute atomic E-state index is 12.3. The van der Waals surface area contributed by atoms with E-state index in [0.29, 0.717) is 53.1 Å². The number of rotatable bonds is 19. The van der Waals surface area contributed by atoms with Gasteiger partial charge in [0, 0.05) is 57.4 Å². The lowest BCUT2D eigenvalue weighted by Crippen LogP contribution is -2.31. The monoisotopic (exact) mass is 907 g/mol. The third-order valence-corrected chi connectivity index (χ3v) is 9.50. The van der Waals surface area contributed by atoms with Gasteiger partial charge < -0.3 is 24.8 Å². The van der Waals surface area contributed by atoms with E-state index >= 15 is 0 Å². The van der Waals surface area contributed by atoms with Crippen molar-refractivity contribution in [1.29, 1.82) is 0 Å². The molecule has 0 saturated heterocycles. The Balaban J connectivity index is 0.000000202. The highest BCUT2D eigenvalue weighted by molar-refractivity contribution is 14.1. The molecule has 0 bridgehead atoms. The van der Waals surface area contributed by atoms with E-state index in [9.17, 15) is 14.4 Å². The van der Waals surface area contributed by atoms with Gasteiger partial charge in [-0.25, -0.2) is 0 Å². The second kappa shape index (κ2) is 26.4. The van der Waals surface area contributed by atoms with Crippen molar-refractivity contribution >= 4 is 39.9 Å². The van der Waals surface area contributed by atoms with E-state index in [1.165, 1.54) is 12.1 Å². The number of hydrogen-bond acceptors (Lipinski definition) is 9. The Bertz CT molecular complexity index is 2090. The van der Waals surface area contributed by atoms with E-state index in [1.54, 1.807) is 60.7 Å². The quantitative estimate of drug-likeness (QED) is 0.0316. The highest BCUT2D eigenvalue weighted by atomic mass is 127. The molecule has 59 heavy (non-hydrogen) atoms. The number of carbonyl (C=O) groups excluding carboxylic acids is 3. The van der Waals surface area contributed by atoms with Gasteiger partial charge in [-0.3, -0.25) is 19.3 Å². The van der Waals surface area contributed by atoms with Crippen molar-refractivity contribution in [3.8, 4) is 17.2 Å². The minimum absolute atomic E-state index is 0.00389. The number of halogens is 1. The highest BCUT2D eigenvalue weighted by Crippen LogP contribution is 2.18. The fraction of sp³-hybridized carbons (Fsp3) is 0.204. The summed E-state index contributed by atoms with van der Waals surface area (Å²) < 4.78 is 12.3. The van der Waals surface area contributed by atoms with Crippen LogP contribution in [-0.4, -0.2) is 88.1 Å². The van der Waals surface area contributed by atoms with E-state index in [4.69, 9.17) is 24.8 Å². The zero-order valence-electron chi connectivity index (χ0n) is 32.9. The summed E-state index contributed by atoms with van der Waals surface area (Å²) in [6.07, 6.45) is 1.83. The minimum atomic E-state index is -0.0319. The second-order valence-corrected chi connectivity index (χ2v) is 14.1. The van der Waals surface area contributed by atoms with Gasteiger partial charge in [-0.1, -0.05) is 114 Å². The average molecular weight is 908 g/mol. The van der Waals surface area contributed by atoms with E-state index in [-0.39, 0.29) is 36.3 Å². The molecule has 0 unspecified atom stereocenters. The van der Waals surface area contributed by atoms with Crippen molar-refractivity contribution in [2.45, 2.75) is 12.8 Å². The van der Waals surface area contributed by atoms with Gasteiger partial charge in [0.05, 0.1) is 26.4 Å². The molecule has 6 aromatic rings. The molecule has 0 radical (unpaired) electrons. The van der Waals surface area contributed by atoms with Gasteiger partial charge in [0.25, 0.3) is 0 Å². The van der Waals surface area contributed by atoms with Gasteiger partial charge in [0.2, 0.25) is 0 Å². The molecule has 6 aromatic carbocycles. The topological polar surface area (TPSA) is 134 Å². The van der Waals surface area contributed by atoms with Gasteiger partial charge in [-0.2, -0.15) is 0 Å². The first-order valence-electron chi connectivity index (χ1n) is 19.4. The third-order valence-electron chi connectivity index (χ3n) is 8.74. The molecule has 0 atom stereocenters. The average Bonchev–Trinajstić information content (AvgIpc) is 3.29. The molecule has 0 aliphatic rings. The molecular weight excluding hydrogens is 857 g/mol. The maximum atomic E-state index is 12.3. The standard InChI is InChI=1S/C20H25NO4.C16H15IO2.C13H10O2/c22-14-12-21(13-15-23)11-4-16-25-19-9-7-18(8-10-19)20(24)17-5-2-1-3-6-17;17-11-4-12-19-15-9-7-14(8-10-15)16(18)13-5-2-1-3-6-13;14-12-8-6-11(7-9-12)13(15)10-4-2-1-3-5-10/h1-3,5-10,22-23H,4,11-16H2;1-3,5-10H,4,11-12H2;1-9,14H. The fourth-order valence-electron chi connectivity index (χ4n) is 5.63. The van der Waals surface area contributed by atoms with Crippen LogP contribution in [-0.2, 0) is 0 Å². The molecule has 0 aliphatic heterocycles. The molecule has 6 rings (SSSR count). The van der Waals surface area contributed by atoms with Crippen LogP contribution in [0.2, 0.25) is 0 Å². The van der Waals surface area contributed by atoms with Crippen LogP contribution < -0.4 is 9.47 Å². The third kappa shape index (κ3) is 16.3. The van der Waals surface area contributed by atoms with Gasteiger partial charge in [0.15, 0.2) is 17.3 Å². The number of aliphatic hydroxyl groups is 2. The molecule has 0 aromatic heterocycles. The Morgan fingerprint density at radius 2 is 0.763 bits per heavy atom. The highest BCUT2D eigenvalue weighted by Gasteiger charge is 2.10. The summed E-state index contributed by atoms with van der Waals surface area (Å²) in [6, 6.07) is 48.3. The summed E-state index contributed by atoms with van der Waals surface area (Å²) in [5, 5.41) is 27.0. The van der Waals surface area contributed by atoms with Crippen molar-refractivity contribution in [3.05, 3.63) is 197 Å². The summed E-state index contributed by atoms with van der Waals surface area (Å²) in [4.78, 5) is 38.4. The van der Waals surface area contributed by atoms with Crippen LogP contribution >= 0.6 is 22.6 Å². The molecule has 3 N–H and O–H groups in total. The number of alkyl halides is 1. The van der Waals surface area contributed by atoms with Crippen molar-refractivity contribution in [3.63, 3.8) is 0 Å². The van der Waals surface area contributed by atoms with Crippen LogP contribution in [0, 0.1) is 0 Å². The molecule has 0 spiro atoms. The van der Waals surface area contributed by atoms with E-state index in [0.717, 1.165) is 41.9 Å². The van der Waals surface area contributed by atoms with Gasteiger partial charge in [-0.05, 0) is 85.6 Å². The van der Waals surface area contributed by atoms with E-state index in [2.05, 4.69) is 22.6 Å². The van der Waals surface area contributed by atoms with Crippen molar-refractivity contribution in [2.24, 2.45) is 0 Å². The number of carbonyl (C=O) groups is 3. The lowest BCUT2D eigenvalue weighted by Gasteiger charge is -2.19. The SMILES string of the molecule is O=C(c1ccccc1)c1ccc(O)cc1.O=C(c1ccccc1)c1ccc(OCCCI)cc1.O=C(c1ccccc1)c1ccc(OCCCN(CCO)CCO)cc1. The Kier molecular flexibility index (Phi) is 20.6. The number of phenols is 1. The van der Waals surface area contributed by atoms with Crippen LogP contribution in [0.15, 0.2) is 164 Å². The number of phenolic OH excluding ortho intramolecular Hbond substituents is 1. The maximum Gasteiger partial charge on any atom is 0.193 e. The van der Waals surface area contributed by atoms with Crippen molar-refractivity contribution in [1.82, 2.24) is 4.90 Å². The number of aromatic hydroxyl groups is 1. The molecule has 0 heterocycles. The van der Waals surface area contributed by atoms with E-state index in [1.807, 2.05) is 95.9 Å². The van der Waals surface area contributed by atoms with Crippen LogP contribution in [0.3, 0.4) is 0 Å². The zero-order valence-corrected chi connectivity index (χ0v) is 35.0. The summed E-state index contributed by atoms with van der Waals surface area (Å²) >= 11 is 2.33. The zero-order chi connectivity index (χ0) is 42.1. The number of ketones is 3. The van der Waals surface area contributed by atoms with Crippen LogP contribution in [0.25, 0.3) is 0 Å².